The summed E-state index contributed by atoms with van der Waals surface area (Å²) >= 11 is 1.48. The highest BCUT2D eigenvalue weighted by molar-refractivity contribution is 7.99. The van der Waals surface area contributed by atoms with Gasteiger partial charge in [0.25, 0.3) is 0 Å². The molecule has 0 aromatic heterocycles. The second-order valence-corrected chi connectivity index (χ2v) is 8.99. The number of carbonyl (C=O) groups excluding carboxylic acids is 1. The van der Waals surface area contributed by atoms with E-state index in [-0.39, 0.29) is 12.0 Å². The Morgan fingerprint density at radius 2 is 1.71 bits per heavy atom. The van der Waals surface area contributed by atoms with Gasteiger partial charge in [0.2, 0.25) is 0 Å². The van der Waals surface area contributed by atoms with E-state index in [1.165, 1.54) is 18.7 Å². The Morgan fingerprint density at radius 3 is 2.34 bits per heavy atom. The van der Waals surface area contributed by atoms with E-state index in [0.717, 1.165) is 15.4 Å². The Morgan fingerprint density at radius 1 is 1.03 bits per heavy atom. The summed E-state index contributed by atoms with van der Waals surface area (Å²) in [6.07, 6.45) is -4.12. The van der Waals surface area contributed by atoms with Crippen LogP contribution in [-0.4, -0.2) is 29.2 Å². The first kappa shape index (κ1) is 26.2. The fourth-order valence-electron chi connectivity index (χ4n) is 3.49. The molecule has 1 atom stereocenters. The number of carboxylic acid groups (broad SMARTS) is 1. The SMILES string of the molecule is CCc1c(Oc2cccc(Sc3ccc(C[C@@H](C)NC(=O)C(F)(F)F)cc3)c2)cccc1C(=O)O. The third-order valence-corrected chi connectivity index (χ3v) is 6.08. The van der Waals surface area contributed by atoms with Gasteiger partial charge in [0.05, 0.1) is 5.56 Å². The van der Waals surface area contributed by atoms with Crippen molar-refractivity contribution in [2.75, 3.05) is 0 Å². The number of hydrogen-bond donors (Lipinski definition) is 2. The minimum atomic E-state index is -4.90. The number of carbonyl (C=O) groups is 2. The van der Waals surface area contributed by atoms with Crippen molar-refractivity contribution < 1.29 is 32.6 Å². The van der Waals surface area contributed by atoms with Crippen LogP contribution in [0.4, 0.5) is 13.2 Å². The number of halogens is 3. The summed E-state index contributed by atoms with van der Waals surface area (Å²) in [5.41, 5.74) is 1.63. The van der Waals surface area contributed by atoms with Crippen LogP contribution in [0, 0.1) is 0 Å². The van der Waals surface area contributed by atoms with Gasteiger partial charge in [-0.1, -0.05) is 43.0 Å². The molecular weight excluding hydrogens is 479 g/mol. The molecule has 0 aliphatic carbocycles. The van der Waals surface area contributed by atoms with Crippen molar-refractivity contribution in [1.29, 1.82) is 0 Å². The van der Waals surface area contributed by atoms with E-state index in [4.69, 9.17) is 4.74 Å². The molecule has 35 heavy (non-hydrogen) atoms. The topological polar surface area (TPSA) is 75.6 Å². The molecule has 9 heteroatoms. The molecule has 0 saturated carbocycles. The largest absolute Gasteiger partial charge is 0.478 e. The lowest BCUT2D eigenvalue weighted by molar-refractivity contribution is -0.174. The maximum absolute atomic E-state index is 12.4. The minimum absolute atomic E-state index is 0.211. The summed E-state index contributed by atoms with van der Waals surface area (Å²) in [5, 5.41) is 11.4. The zero-order valence-corrected chi connectivity index (χ0v) is 19.9. The molecule has 0 spiro atoms. The van der Waals surface area contributed by atoms with Crippen molar-refractivity contribution in [2.45, 2.75) is 48.7 Å². The smallest absolute Gasteiger partial charge is 0.471 e. The van der Waals surface area contributed by atoms with Crippen LogP contribution in [0.1, 0.15) is 35.3 Å². The van der Waals surface area contributed by atoms with Gasteiger partial charge < -0.3 is 15.2 Å². The first-order chi connectivity index (χ1) is 16.6. The maximum Gasteiger partial charge on any atom is 0.471 e. The van der Waals surface area contributed by atoms with Crippen LogP contribution in [-0.2, 0) is 17.6 Å². The molecule has 3 aromatic rings. The number of alkyl halides is 3. The van der Waals surface area contributed by atoms with Crippen LogP contribution in [0.25, 0.3) is 0 Å². The highest BCUT2D eigenvalue weighted by Gasteiger charge is 2.39. The standard InChI is InChI=1S/C26H24F3NO4S/c1-3-21-22(24(31)32)8-5-9-23(21)34-18-6-4-7-20(15-18)35-19-12-10-17(11-13-19)14-16(2)30-25(33)26(27,28)29/h4-13,15-16H,3,14H2,1-2H3,(H,30,33)(H,31,32)/t16-/m1/s1. The van der Waals surface area contributed by atoms with E-state index in [1.54, 1.807) is 24.3 Å². The third-order valence-electron chi connectivity index (χ3n) is 5.09. The van der Waals surface area contributed by atoms with Gasteiger partial charge in [0.1, 0.15) is 11.5 Å². The molecule has 5 nitrogen and oxygen atoms in total. The quantitative estimate of drug-likeness (QED) is 0.349. The summed E-state index contributed by atoms with van der Waals surface area (Å²) in [6.45, 7) is 3.39. The first-order valence-electron chi connectivity index (χ1n) is 10.8. The van der Waals surface area contributed by atoms with Crippen molar-refractivity contribution in [1.82, 2.24) is 5.32 Å². The lowest BCUT2D eigenvalue weighted by Gasteiger charge is -2.15. The Hall–Kier alpha value is -3.46. The summed E-state index contributed by atoms with van der Waals surface area (Å²) in [5.74, 6) is -1.89. The number of benzene rings is 3. The maximum atomic E-state index is 12.4. The highest BCUT2D eigenvalue weighted by Crippen LogP contribution is 2.33. The predicted octanol–water partition coefficient (Wildman–Crippen LogP) is 6.50. The fourth-order valence-corrected chi connectivity index (χ4v) is 4.36. The van der Waals surface area contributed by atoms with Crippen molar-refractivity contribution in [3.8, 4) is 11.5 Å². The first-order valence-corrected chi connectivity index (χ1v) is 11.7. The number of hydrogen-bond acceptors (Lipinski definition) is 4. The van der Waals surface area contributed by atoms with Crippen LogP contribution in [0.2, 0.25) is 0 Å². The lowest BCUT2D eigenvalue weighted by Crippen LogP contribution is -2.42. The average Bonchev–Trinajstić information content (AvgIpc) is 2.79. The third kappa shape index (κ3) is 7.26. The molecule has 0 unspecified atom stereocenters. The molecule has 0 aliphatic rings. The molecule has 3 aromatic carbocycles. The molecule has 0 radical (unpaired) electrons. The van der Waals surface area contributed by atoms with Gasteiger partial charge in [-0.3, -0.25) is 4.79 Å². The number of rotatable bonds is 9. The Bertz CT molecular complexity index is 1200. The highest BCUT2D eigenvalue weighted by atomic mass is 32.2. The van der Waals surface area contributed by atoms with Gasteiger partial charge in [-0.15, -0.1) is 0 Å². The molecule has 0 fully saturated rings. The number of aromatic carboxylic acids is 1. The minimum Gasteiger partial charge on any atom is -0.478 e. The van der Waals surface area contributed by atoms with E-state index < -0.39 is 24.1 Å². The predicted molar refractivity (Wildman–Crippen MR) is 127 cm³/mol. The Kier molecular flexibility index (Phi) is 8.45. The average molecular weight is 504 g/mol. The second kappa shape index (κ2) is 11.3. The number of carboxylic acids is 1. The van der Waals surface area contributed by atoms with Crippen molar-refractivity contribution >= 4 is 23.6 Å². The van der Waals surface area contributed by atoms with Gasteiger partial charge in [0.15, 0.2) is 0 Å². The normalized spacial score (nSPS) is 12.1. The molecule has 184 valence electrons. The molecule has 0 bridgehead atoms. The van der Waals surface area contributed by atoms with E-state index in [0.29, 0.717) is 23.5 Å². The zero-order valence-electron chi connectivity index (χ0n) is 19.1. The Balaban J connectivity index is 1.66. The molecule has 2 N–H and O–H groups in total. The van der Waals surface area contributed by atoms with Gasteiger partial charge >= 0.3 is 18.1 Å². The van der Waals surface area contributed by atoms with Crippen LogP contribution < -0.4 is 10.1 Å². The number of amides is 1. The van der Waals surface area contributed by atoms with Crippen LogP contribution in [0.15, 0.2) is 76.5 Å². The monoisotopic (exact) mass is 503 g/mol. The molecular formula is C26H24F3NO4S. The van der Waals surface area contributed by atoms with Crippen LogP contribution in [0.3, 0.4) is 0 Å². The molecule has 3 rings (SSSR count). The molecule has 0 saturated heterocycles. The molecule has 0 aliphatic heterocycles. The molecule has 0 heterocycles. The van der Waals surface area contributed by atoms with Gasteiger partial charge in [-0.2, -0.15) is 13.2 Å². The van der Waals surface area contributed by atoms with Crippen molar-refractivity contribution in [2.24, 2.45) is 0 Å². The lowest BCUT2D eigenvalue weighted by atomic mass is 10.0. The van der Waals surface area contributed by atoms with Crippen LogP contribution in [0.5, 0.6) is 11.5 Å². The zero-order chi connectivity index (χ0) is 25.6. The van der Waals surface area contributed by atoms with Gasteiger partial charge in [-0.25, -0.2) is 4.79 Å². The number of nitrogens with one attached hydrogen (secondary N) is 1. The van der Waals surface area contributed by atoms with E-state index in [2.05, 4.69) is 0 Å². The summed E-state index contributed by atoms with van der Waals surface area (Å²) < 4.78 is 43.2. The van der Waals surface area contributed by atoms with E-state index >= 15 is 0 Å². The van der Waals surface area contributed by atoms with Gasteiger partial charge in [0, 0.05) is 21.4 Å². The summed E-state index contributed by atoms with van der Waals surface area (Å²) in [6, 6.07) is 19.0. The fraction of sp³-hybridized carbons (Fsp3) is 0.231. The summed E-state index contributed by atoms with van der Waals surface area (Å²) in [4.78, 5) is 24.4. The van der Waals surface area contributed by atoms with Crippen LogP contribution >= 0.6 is 11.8 Å². The molecule has 1 amide bonds. The Labute approximate surface area is 205 Å². The van der Waals surface area contributed by atoms with Crippen molar-refractivity contribution in [3.05, 3.63) is 83.4 Å². The van der Waals surface area contributed by atoms with E-state index in [1.807, 2.05) is 54.7 Å². The van der Waals surface area contributed by atoms with Crippen molar-refractivity contribution in [3.63, 3.8) is 0 Å². The number of ether oxygens (including phenoxy) is 1. The summed E-state index contributed by atoms with van der Waals surface area (Å²) in [7, 11) is 0. The van der Waals surface area contributed by atoms with E-state index in [9.17, 15) is 27.9 Å². The van der Waals surface area contributed by atoms with Gasteiger partial charge in [-0.05, 0) is 67.8 Å². The second-order valence-electron chi connectivity index (χ2n) is 7.84.